The summed E-state index contributed by atoms with van der Waals surface area (Å²) in [5, 5.41) is 10.5. The molecule has 1 saturated heterocycles. The number of hydrogen-bond donors (Lipinski definition) is 2. The highest BCUT2D eigenvalue weighted by molar-refractivity contribution is 5.73. The third kappa shape index (κ3) is 5.04. The molecule has 0 radical (unpaired) electrons. The Labute approximate surface area is 114 Å². The third-order valence-corrected chi connectivity index (χ3v) is 2.71. The van der Waals surface area contributed by atoms with Gasteiger partial charge in [0.2, 0.25) is 0 Å². The fraction of sp³-hybridized carbons (Fsp3) is 0.500. The number of piperazine rings is 1. The Morgan fingerprint density at radius 1 is 1.40 bits per heavy atom. The normalized spacial score (nSPS) is 15.3. The van der Waals surface area contributed by atoms with Gasteiger partial charge in [-0.25, -0.2) is 4.79 Å². The van der Waals surface area contributed by atoms with E-state index in [1.807, 2.05) is 12.4 Å². The van der Waals surface area contributed by atoms with Crippen molar-refractivity contribution >= 4 is 11.7 Å². The van der Waals surface area contributed by atoms with E-state index in [1.54, 1.807) is 0 Å². The highest BCUT2D eigenvalue weighted by Crippen LogP contribution is 2.17. The van der Waals surface area contributed by atoms with Crippen LogP contribution in [0.25, 0.3) is 0 Å². The van der Waals surface area contributed by atoms with Crippen LogP contribution in [-0.2, 0) is 4.79 Å². The van der Waals surface area contributed by atoms with Crippen LogP contribution in [0.5, 0.6) is 0 Å². The van der Waals surface area contributed by atoms with Crippen LogP contribution in [0, 0.1) is 6.92 Å². The fourth-order valence-corrected chi connectivity index (χ4v) is 1.69. The Hall–Kier alpha value is -1.83. The Morgan fingerprint density at radius 2 is 1.95 bits per heavy atom. The Morgan fingerprint density at radius 3 is 2.40 bits per heavy atom. The van der Waals surface area contributed by atoms with Gasteiger partial charge in [-0.05, 0) is 18.6 Å². The first-order valence-corrected chi connectivity index (χ1v) is 5.98. The van der Waals surface area contributed by atoms with Crippen molar-refractivity contribution in [3.8, 4) is 0 Å². The molecule has 2 rings (SSSR count). The lowest BCUT2D eigenvalue weighted by atomic mass is 10.2. The summed E-state index contributed by atoms with van der Waals surface area (Å²) < 4.78 is 31.7. The molecule has 1 aromatic rings. The first-order valence-electron chi connectivity index (χ1n) is 5.98. The van der Waals surface area contributed by atoms with Crippen LogP contribution in [0.15, 0.2) is 18.5 Å². The molecule has 1 aliphatic heterocycles. The number of rotatable bonds is 1. The molecule has 0 saturated carbocycles. The highest BCUT2D eigenvalue weighted by Gasteiger charge is 2.38. The first kappa shape index (κ1) is 16.2. The van der Waals surface area contributed by atoms with Gasteiger partial charge in [-0.15, -0.1) is 0 Å². The predicted octanol–water partition coefficient (Wildman–Crippen LogP) is 1.43. The minimum atomic E-state index is -5.08. The molecule has 0 bridgehead atoms. The third-order valence-electron chi connectivity index (χ3n) is 2.71. The van der Waals surface area contributed by atoms with Gasteiger partial charge in [0.25, 0.3) is 0 Å². The quantitative estimate of drug-likeness (QED) is 0.819. The second-order valence-corrected chi connectivity index (χ2v) is 4.20. The number of nitrogens with one attached hydrogen (secondary N) is 1. The number of aliphatic carboxylic acids is 1. The molecule has 20 heavy (non-hydrogen) atoms. The number of pyridine rings is 1. The molecule has 1 fully saturated rings. The van der Waals surface area contributed by atoms with Crippen LogP contribution in [0.1, 0.15) is 5.56 Å². The van der Waals surface area contributed by atoms with E-state index in [9.17, 15) is 13.2 Å². The van der Waals surface area contributed by atoms with Crippen molar-refractivity contribution in [1.82, 2.24) is 10.3 Å². The molecule has 0 aliphatic carbocycles. The van der Waals surface area contributed by atoms with Crippen molar-refractivity contribution in [1.29, 1.82) is 0 Å². The molecule has 2 N–H and O–H groups in total. The van der Waals surface area contributed by atoms with Gasteiger partial charge in [-0.3, -0.25) is 4.98 Å². The molecule has 5 nitrogen and oxygen atoms in total. The van der Waals surface area contributed by atoms with E-state index in [4.69, 9.17) is 9.90 Å². The van der Waals surface area contributed by atoms with Crippen LogP contribution < -0.4 is 10.2 Å². The molecule has 1 aliphatic rings. The summed E-state index contributed by atoms with van der Waals surface area (Å²) in [6, 6.07) is 2.07. The molecule has 8 heteroatoms. The number of carboxylic acids is 1. The summed E-state index contributed by atoms with van der Waals surface area (Å²) >= 11 is 0. The molecular formula is C12H16F3N3O2. The van der Waals surface area contributed by atoms with Crippen LogP contribution in [0.2, 0.25) is 0 Å². The number of aromatic nitrogens is 1. The molecule has 112 valence electrons. The molecule has 0 atom stereocenters. The maximum atomic E-state index is 10.6. The van der Waals surface area contributed by atoms with E-state index in [0.29, 0.717) is 0 Å². The molecule has 0 unspecified atom stereocenters. The number of carbonyl (C=O) groups is 1. The second kappa shape index (κ2) is 7.09. The average Bonchev–Trinajstić information content (AvgIpc) is 2.40. The Bertz CT molecular complexity index is 446. The van der Waals surface area contributed by atoms with Gasteiger partial charge in [0, 0.05) is 32.4 Å². The summed E-state index contributed by atoms with van der Waals surface area (Å²) in [4.78, 5) is 15.4. The van der Waals surface area contributed by atoms with Crippen molar-refractivity contribution in [3.05, 3.63) is 24.0 Å². The zero-order chi connectivity index (χ0) is 15.2. The van der Waals surface area contributed by atoms with E-state index in [1.165, 1.54) is 11.3 Å². The molecule has 2 heterocycles. The molecule has 0 amide bonds. The van der Waals surface area contributed by atoms with Crippen LogP contribution in [-0.4, -0.2) is 48.4 Å². The van der Waals surface area contributed by atoms with Crippen molar-refractivity contribution in [2.75, 3.05) is 31.1 Å². The van der Waals surface area contributed by atoms with Crippen molar-refractivity contribution in [2.24, 2.45) is 0 Å². The van der Waals surface area contributed by atoms with Crippen LogP contribution in [0.4, 0.5) is 18.9 Å². The minimum absolute atomic E-state index is 1.08. The van der Waals surface area contributed by atoms with E-state index in [-0.39, 0.29) is 0 Å². The standard InChI is InChI=1S/C10H15N3.C2HF3O2/c1-9-2-3-12-8-10(9)13-6-4-11-5-7-13;3-2(4,5)1(6)7/h2-3,8,11H,4-7H2,1H3;(H,6,7). The fourth-order valence-electron chi connectivity index (χ4n) is 1.69. The minimum Gasteiger partial charge on any atom is -0.475 e. The lowest BCUT2D eigenvalue weighted by Crippen LogP contribution is -2.43. The number of hydrogen-bond acceptors (Lipinski definition) is 4. The number of carboxylic acid groups (broad SMARTS) is 1. The number of aryl methyl sites for hydroxylation is 1. The topological polar surface area (TPSA) is 65.5 Å². The van der Waals surface area contributed by atoms with E-state index in [2.05, 4.69) is 28.2 Å². The van der Waals surface area contributed by atoms with Gasteiger partial charge < -0.3 is 15.3 Å². The van der Waals surface area contributed by atoms with E-state index in [0.717, 1.165) is 26.2 Å². The van der Waals surface area contributed by atoms with Crippen LogP contribution >= 0.6 is 0 Å². The molecule has 1 aromatic heterocycles. The monoisotopic (exact) mass is 291 g/mol. The summed E-state index contributed by atoms with van der Waals surface area (Å²) in [5.41, 5.74) is 2.60. The summed E-state index contributed by atoms with van der Waals surface area (Å²) in [6.45, 7) is 6.47. The molecule has 0 spiro atoms. The highest BCUT2D eigenvalue weighted by atomic mass is 19.4. The van der Waals surface area contributed by atoms with Crippen molar-refractivity contribution in [3.63, 3.8) is 0 Å². The summed E-state index contributed by atoms with van der Waals surface area (Å²) in [7, 11) is 0. The van der Waals surface area contributed by atoms with Gasteiger partial charge in [0.1, 0.15) is 0 Å². The summed E-state index contributed by atoms with van der Waals surface area (Å²) in [5.74, 6) is -2.76. The number of nitrogens with zero attached hydrogens (tertiary/aromatic N) is 2. The number of halogens is 3. The van der Waals surface area contributed by atoms with Crippen LogP contribution in [0.3, 0.4) is 0 Å². The Kier molecular flexibility index (Phi) is 5.75. The number of alkyl halides is 3. The van der Waals surface area contributed by atoms with Gasteiger partial charge in [-0.2, -0.15) is 13.2 Å². The second-order valence-electron chi connectivity index (χ2n) is 4.20. The predicted molar refractivity (Wildman–Crippen MR) is 67.7 cm³/mol. The van der Waals surface area contributed by atoms with E-state index >= 15 is 0 Å². The maximum absolute atomic E-state index is 10.6. The van der Waals surface area contributed by atoms with Gasteiger partial charge in [-0.1, -0.05) is 0 Å². The smallest absolute Gasteiger partial charge is 0.475 e. The van der Waals surface area contributed by atoms with Gasteiger partial charge in [0.15, 0.2) is 0 Å². The van der Waals surface area contributed by atoms with Gasteiger partial charge >= 0.3 is 12.1 Å². The Balaban J connectivity index is 0.000000246. The molecule has 0 aromatic carbocycles. The maximum Gasteiger partial charge on any atom is 0.490 e. The zero-order valence-electron chi connectivity index (χ0n) is 10.9. The lowest BCUT2D eigenvalue weighted by Gasteiger charge is -2.30. The number of anilines is 1. The summed E-state index contributed by atoms with van der Waals surface area (Å²) in [6.07, 6.45) is -1.28. The zero-order valence-corrected chi connectivity index (χ0v) is 10.9. The van der Waals surface area contributed by atoms with E-state index < -0.39 is 12.1 Å². The lowest BCUT2D eigenvalue weighted by molar-refractivity contribution is -0.192. The van der Waals surface area contributed by atoms with Crippen molar-refractivity contribution in [2.45, 2.75) is 13.1 Å². The largest absolute Gasteiger partial charge is 0.490 e. The molecular weight excluding hydrogens is 275 g/mol. The first-order chi connectivity index (χ1) is 9.32. The SMILES string of the molecule is Cc1ccncc1N1CCNCC1.O=C(O)C(F)(F)F. The van der Waals surface area contributed by atoms with Gasteiger partial charge in [0.05, 0.1) is 11.9 Å². The van der Waals surface area contributed by atoms with Crippen molar-refractivity contribution < 1.29 is 23.1 Å². The average molecular weight is 291 g/mol.